The van der Waals surface area contributed by atoms with Crippen LogP contribution in [0.25, 0.3) is 0 Å². The van der Waals surface area contributed by atoms with Crippen molar-refractivity contribution in [2.75, 3.05) is 37.6 Å². The Balaban J connectivity index is 1.53. The Kier molecular flexibility index (Phi) is 4.85. The average molecular weight is 328 g/mol. The number of tetrazole rings is 1. The maximum absolute atomic E-state index is 4.25. The summed E-state index contributed by atoms with van der Waals surface area (Å²) in [7, 11) is 1.81. The third kappa shape index (κ3) is 4.12. The van der Waals surface area contributed by atoms with Gasteiger partial charge in [0.25, 0.3) is 0 Å². The van der Waals surface area contributed by atoms with Crippen molar-refractivity contribution in [2.24, 2.45) is 7.05 Å². The van der Waals surface area contributed by atoms with Crippen LogP contribution in [0.15, 0.2) is 24.3 Å². The van der Waals surface area contributed by atoms with Crippen LogP contribution in [0.4, 0.5) is 5.69 Å². The number of hydrogen-bond donors (Lipinski definition) is 0. The smallest absolute Gasteiger partial charge is 0.176 e. The summed E-state index contributed by atoms with van der Waals surface area (Å²) in [6, 6.07) is 8.99. The highest BCUT2D eigenvalue weighted by Crippen LogP contribution is 2.26. The minimum Gasteiger partial charge on any atom is -0.369 e. The molecule has 1 aromatic heterocycles. The Morgan fingerprint density at radius 3 is 2.46 bits per heavy atom. The summed E-state index contributed by atoms with van der Waals surface area (Å²) in [5.74, 6) is 0.831. The van der Waals surface area contributed by atoms with E-state index in [9.17, 15) is 0 Å². The minimum atomic E-state index is 0.196. The largest absolute Gasteiger partial charge is 0.369 e. The van der Waals surface area contributed by atoms with E-state index < -0.39 is 0 Å². The van der Waals surface area contributed by atoms with Crippen molar-refractivity contribution in [3.63, 3.8) is 0 Å². The van der Waals surface area contributed by atoms with Gasteiger partial charge in [0, 0.05) is 44.8 Å². The summed E-state index contributed by atoms with van der Waals surface area (Å²) in [4.78, 5) is 6.50. The lowest BCUT2D eigenvalue weighted by Gasteiger charge is -2.36. The second-order valence-electron chi connectivity index (χ2n) is 7.57. The molecule has 0 radical (unpaired) electrons. The topological polar surface area (TPSA) is 50.1 Å². The molecule has 24 heavy (non-hydrogen) atoms. The van der Waals surface area contributed by atoms with Gasteiger partial charge >= 0.3 is 0 Å². The molecule has 6 nitrogen and oxygen atoms in total. The Hall–Kier alpha value is -1.95. The molecular formula is C18H28N6. The third-order valence-electron chi connectivity index (χ3n) is 4.65. The number of hydrogen-bond acceptors (Lipinski definition) is 5. The van der Waals surface area contributed by atoms with Crippen LogP contribution >= 0.6 is 0 Å². The minimum absolute atomic E-state index is 0.196. The lowest BCUT2D eigenvalue weighted by atomic mass is 9.87. The van der Waals surface area contributed by atoms with E-state index in [2.05, 4.69) is 70.2 Å². The van der Waals surface area contributed by atoms with E-state index in [1.807, 2.05) is 0 Å². The Bertz CT molecular complexity index is 664. The van der Waals surface area contributed by atoms with Gasteiger partial charge in [-0.2, -0.15) is 4.80 Å². The number of benzene rings is 1. The summed E-state index contributed by atoms with van der Waals surface area (Å²) in [6.45, 7) is 12.1. The van der Waals surface area contributed by atoms with Crippen LogP contribution < -0.4 is 4.90 Å². The number of nitrogens with zero attached hydrogens (tertiary/aromatic N) is 6. The molecule has 130 valence electrons. The lowest BCUT2D eigenvalue weighted by Crippen LogP contribution is -2.47. The quantitative estimate of drug-likeness (QED) is 0.858. The van der Waals surface area contributed by atoms with Crippen LogP contribution in [-0.2, 0) is 18.9 Å². The molecule has 0 amide bonds. The molecule has 0 bridgehead atoms. The number of aromatic nitrogens is 4. The molecule has 1 aliphatic heterocycles. The molecule has 6 heteroatoms. The predicted molar refractivity (Wildman–Crippen MR) is 96.3 cm³/mol. The second kappa shape index (κ2) is 6.89. The Morgan fingerprint density at radius 2 is 1.83 bits per heavy atom. The van der Waals surface area contributed by atoms with Gasteiger partial charge in [0.2, 0.25) is 0 Å². The van der Waals surface area contributed by atoms with Crippen molar-refractivity contribution in [3.8, 4) is 0 Å². The highest BCUT2D eigenvalue weighted by atomic mass is 15.6. The maximum Gasteiger partial charge on any atom is 0.176 e. The van der Waals surface area contributed by atoms with Crippen LogP contribution in [0.3, 0.4) is 0 Å². The summed E-state index contributed by atoms with van der Waals surface area (Å²) < 4.78 is 0. The number of aryl methyl sites for hydroxylation is 1. The zero-order chi connectivity index (χ0) is 17.2. The van der Waals surface area contributed by atoms with Crippen molar-refractivity contribution < 1.29 is 0 Å². The fourth-order valence-electron chi connectivity index (χ4n) is 3.08. The highest BCUT2D eigenvalue weighted by Gasteiger charge is 2.19. The van der Waals surface area contributed by atoms with Gasteiger partial charge in [-0.3, -0.25) is 4.90 Å². The summed E-state index contributed by atoms with van der Waals surface area (Å²) in [6.07, 6.45) is 0.868. The third-order valence-corrected chi connectivity index (χ3v) is 4.65. The van der Waals surface area contributed by atoms with Gasteiger partial charge in [-0.1, -0.05) is 32.9 Å². The van der Waals surface area contributed by atoms with Crippen molar-refractivity contribution in [1.82, 2.24) is 25.1 Å². The molecule has 1 saturated heterocycles. The molecule has 0 spiro atoms. The monoisotopic (exact) mass is 328 g/mol. The van der Waals surface area contributed by atoms with E-state index in [0.717, 1.165) is 45.0 Å². The van der Waals surface area contributed by atoms with Crippen LogP contribution in [0.5, 0.6) is 0 Å². The van der Waals surface area contributed by atoms with E-state index in [-0.39, 0.29) is 5.41 Å². The molecule has 0 N–H and O–H groups in total. The number of anilines is 1. The molecule has 1 aliphatic rings. The molecule has 0 unspecified atom stereocenters. The van der Waals surface area contributed by atoms with E-state index >= 15 is 0 Å². The highest BCUT2D eigenvalue weighted by molar-refractivity contribution is 5.50. The van der Waals surface area contributed by atoms with Gasteiger partial charge in [-0.15, -0.1) is 10.2 Å². The molecule has 0 saturated carbocycles. The van der Waals surface area contributed by atoms with Gasteiger partial charge in [-0.25, -0.2) is 0 Å². The Morgan fingerprint density at radius 1 is 1.08 bits per heavy atom. The van der Waals surface area contributed by atoms with Crippen LogP contribution in [0.1, 0.15) is 32.2 Å². The van der Waals surface area contributed by atoms with Crippen LogP contribution in [0, 0.1) is 0 Å². The number of rotatable bonds is 4. The summed E-state index contributed by atoms with van der Waals surface area (Å²) in [5, 5.41) is 12.2. The van der Waals surface area contributed by atoms with E-state index in [0.29, 0.717) is 0 Å². The van der Waals surface area contributed by atoms with E-state index in [4.69, 9.17) is 0 Å². The van der Waals surface area contributed by atoms with Gasteiger partial charge in [-0.05, 0) is 28.3 Å². The molecule has 0 atom stereocenters. The molecule has 3 rings (SSSR count). The van der Waals surface area contributed by atoms with Crippen molar-refractivity contribution in [2.45, 2.75) is 32.6 Å². The first-order valence-corrected chi connectivity index (χ1v) is 8.72. The van der Waals surface area contributed by atoms with Crippen molar-refractivity contribution >= 4 is 5.69 Å². The van der Waals surface area contributed by atoms with Crippen molar-refractivity contribution in [1.29, 1.82) is 0 Å². The fourth-order valence-corrected chi connectivity index (χ4v) is 3.08. The van der Waals surface area contributed by atoms with Crippen LogP contribution in [-0.4, -0.2) is 57.8 Å². The zero-order valence-electron chi connectivity index (χ0n) is 15.2. The van der Waals surface area contributed by atoms with E-state index in [1.54, 1.807) is 7.05 Å². The van der Waals surface area contributed by atoms with Gasteiger partial charge in [0.05, 0.1) is 7.05 Å². The average Bonchev–Trinajstić information content (AvgIpc) is 2.98. The fraction of sp³-hybridized carbons (Fsp3) is 0.611. The molecule has 2 aromatic rings. The molecule has 1 aromatic carbocycles. The predicted octanol–water partition coefficient (Wildman–Crippen LogP) is 1.87. The standard InChI is InChI=1S/C18H28N6/c1-18(2,3)15-6-5-7-16(14-15)24-12-10-23(11-13-24)9-8-17-19-21-22(4)20-17/h5-7,14H,8-13H2,1-4H3. The Labute approximate surface area is 144 Å². The van der Waals surface area contributed by atoms with E-state index in [1.165, 1.54) is 16.0 Å². The number of piperazine rings is 1. The van der Waals surface area contributed by atoms with Crippen LogP contribution in [0.2, 0.25) is 0 Å². The molecule has 2 heterocycles. The summed E-state index contributed by atoms with van der Waals surface area (Å²) >= 11 is 0. The van der Waals surface area contributed by atoms with Crippen molar-refractivity contribution in [3.05, 3.63) is 35.7 Å². The second-order valence-corrected chi connectivity index (χ2v) is 7.57. The first-order chi connectivity index (χ1) is 11.4. The molecule has 1 fully saturated rings. The van der Waals surface area contributed by atoms with Gasteiger partial charge < -0.3 is 4.90 Å². The lowest BCUT2D eigenvalue weighted by molar-refractivity contribution is 0.259. The first kappa shape index (κ1) is 16.9. The summed E-state index contributed by atoms with van der Waals surface area (Å²) in [5.41, 5.74) is 2.94. The van der Waals surface area contributed by atoms with Gasteiger partial charge in [0.15, 0.2) is 5.82 Å². The molecule has 0 aliphatic carbocycles. The van der Waals surface area contributed by atoms with Gasteiger partial charge in [0.1, 0.15) is 0 Å². The maximum atomic E-state index is 4.25. The SMILES string of the molecule is Cn1nnc(CCN2CCN(c3cccc(C(C)(C)C)c3)CC2)n1. The molecular weight excluding hydrogens is 300 g/mol. The normalized spacial score (nSPS) is 16.6. The first-order valence-electron chi connectivity index (χ1n) is 8.72. The zero-order valence-corrected chi connectivity index (χ0v) is 15.2.